The number of rotatable bonds is 7. The van der Waals surface area contributed by atoms with Crippen LogP contribution < -0.4 is 11.1 Å². The molecule has 0 atom stereocenters. The lowest BCUT2D eigenvalue weighted by atomic mass is 9.91. The first-order valence-corrected chi connectivity index (χ1v) is 10.5. The lowest BCUT2D eigenvalue weighted by Gasteiger charge is -2.38. The van der Waals surface area contributed by atoms with Gasteiger partial charge in [0.25, 0.3) is 5.91 Å². The number of hydrogen-bond donors (Lipinski definition) is 2. The van der Waals surface area contributed by atoms with Gasteiger partial charge in [-0.3, -0.25) is 4.79 Å². The van der Waals surface area contributed by atoms with Gasteiger partial charge < -0.3 is 16.0 Å². The number of amides is 1. The minimum absolute atomic E-state index is 0.228. The highest BCUT2D eigenvalue weighted by atomic mass is 16.1. The normalized spacial score (nSPS) is 16.6. The Labute approximate surface area is 185 Å². The number of carbonyl (C=O) groups excluding carboxylic acids is 1. The Hall–Kier alpha value is -3.34. The maximum atomic E-state index is 12.8. The molecule has 31 heavy (non-hydrogen) atoms. The standard InChI is InChI=1S/C26H32N4O/c1-16(2)18(5)11-23(29-17(3)4)26(31)28-14-20-7-8-21-9-10-30(15-22(21)13-20)24-12-19(6)25(24)27/h7-8,11,13H,1,3,6,9-10,12,14-15,27H2,2,4-5H3,(H,28,31)/b18-11+,29-23?. The number of aliphatic imine (C=N–C) groups is 1. The zero-order valence-electron chi connectivity index (χ0n) is 18.8. The molecule has 1 aliphatic carbocycles. The molecule has 0 fully saturated rings. The molecule has 1 aliphatic heterocycles. The number of benzene rings is 1. The van der Waals surface area contributed by atoms with E-state index in [9.17, 15) is 4.79 Å². The van der Waals surface area contributed by atoms with Gasteiger partial charge in [0.15, 0.2) is 0 Å². The van der Waals surface area contributed by atoms with Crippen LogP contribution in [0.15, 0.2) is 82.8 Å². The van der Waals surface area contributed by atoms with E-state index < -0.39 is 0 Å². The monoisotopic (exact) mass is 416 g/mol. The van der Waals surface area contributed by atoms with E-state index in [2.05, 4.69) is 53.1 Å². The van der Waals surface area contributed by atoms with Crippen molar-refractivity contribution in [2.24, 2.45) is 10.7 Å². The van der Waals surface area contributed by atoms with Gasteiger partial charge in [0, 0.05) is 37.4 Å². The van der Waals surface area contributed by atoms with E-state index in [1.807, 2.05) is 13.8 Å². The van der Waals surface area contributed by atoms with Crippen LogP contribution in [-0.2, 0) is 24.3 Å². The lowest BCUT2D eigenvalue weighted by Crippen LogP contribution is -2.36. The fraction of sp³-hybridized carbons (Fsp3) is 0.308. The fourth-order valence-corrected chi connectivity index (χ4v) is 3.68. The van der Waals surface area contributed by atoms with E-state index in [0.717, 1.165) is 53.9 Å². The van der Waals surface area contributed by atoms with Crippen LogP contribution in [0.2, 0.25) is 0 Å². The van der Waals surface area contributed by atoms with Crippen molar-refractivity contribution >= 4 is 11.6 Å². The first kappa shape index (κ1) is 22.3. The minimum atomic E-state index is -0.228. The van der Waals surface area contributed by atoms with Gasteiger partial charge in [-0.2, -0.15) is 0 Å². The van der Waals surface area contributed by atoms with Gasteiger partial charge in [-0.1, -0.05) is 43.5 Å². The van der Waals surface area contributed by atoms with E-state index in [-0.39, 0.29) is 5.91 Å². The van der Waals surface area contributed by atoms with E-state index in [1.165, 1.54) is 16.8 Å². The van der Waals surface area contributed by atoms with Crippen LogP contribution in [0.4, 0.5) is 0 Å². The molecule has 3 N–H and O–H groups in total. The highest BCUT2D eigenvalue weighted by Gasteiger charge is 2.27. The van der Waals surface area contributed by atoms with Crippen LogP contribution in [0.1, 0.15) is 43.9 Å². The molecule has 1 aromatic rings. The number of nitrogens with one attached hydrogen (secondary N) is 1. The third-order valence-electron chi connectivity index (χ3n) is 5.76. The second-order valence-corrected chi connectivity index (χ2v) is 8.44. The summed E-state index contributed by atoms with van der Waals surface area (Å²) in [4.78, 5) is 19.4. The van der Waals surface area contributed by atoms with E-state index in [4.69, 9.17) is 5.73 Å². The first-order valence-electron chi connectivity index (χ1n) is 10.5. The average Bonchev–Trinajstić information content (AvgIpc) is 2.73. The average molecular weight is 417 g/mol. The molecule has 0 spiro atoms. The highest BCUT2D eigenvalue weighted by Crippen LogP contribution is 2.34. The molecule has 0 radical (unpaired) electrons. The Morgan fingerprint density at radius 3 is 2.61 bits per heavy atom. The predicted octanol–water partition coefficient (Wildman–Crippen LogP) is 4.29. The number of fused-ring (bicyclic) bond motifs is 1. The number of hydrogen-bond acceptors (Lipinski definition) is 4. The highest BCUT2D eigenvalue weighted by molar-refractivity contribution is 6.43. The maximum Gasteiger partial charge on any atom is 0.270 e. The van der Waals surface area contributed by atoms with Gasteiger partial charge in [-0.05, 0) is 61.1 Å². The molecule has 162 valence electrons. The topological polar surface area (TPSA) is 70.7 Å². The number of nitrogens with zero attached hydrogens (tertiary/aromatic N) is 2. The first-order chi connectivity index (χ1) is 14.7. The molecule has 1 amide bonds. The Morgan fingerprint density at radius 2 is 2.00 bits per heavy atom. The lowest BCUT2D eigenvalue weighted by molar-refractivity contribution is -0.114. The molecule has 5 nitrogen and oxygen atoms in total. The summed E-state index contributed by atoms with van der Waals surface area (Å²) in [6, 6.07) is 6.42. The van der Waals surface area contributed by atoms with E-state index in [1.54, 1.807) is 13.0 Å². The number of allylic oxidation sites excluding steroid dienone is 5. The molecule has 5 heteroatoms. The van der Waals surface area contributed by atoms with Gasteiger partial charge in [0.2, 0.25) is 0 Å². The largest absolute Gasteiger partial charge is 0.397 e. The molecule has 0 bridgehead atoms. The van der Waals surface area contributed by atoms with Gasteiger partial charge in [0.05, 0.1) is 5.70 Å². The van der Waals surface area contributed by atoms with Crippen molar-refractivity contribution in [3.8, 4) is 0 Å². The third-order valence-corrected chi connectivity index (χ3v) is 5.76. The second-order valence-electron chi connectivity index (χ2n) is 8.44. The fourth-order valence-electron chi connectivity index (χ4n) is 3.68. The zero-order valence-corrected chi connectivity index (χ0v) is 18.8. The van der Waals surface area contributed by atoms with Crippen molar-refractivity contribution in [2.75, 3.05) is 6.54 Å². The minimum Gasteiger partial charge on any atom is -0.397 e. The molecular formula is C26H32N4O. The van der Waals surface area contributed by atoms with Crippen LogP contribution >= 0.6 is 0 Å². The molecule has 2 aliphatic rings. The van der Waals surface area contributed by atoms with Gasteiger partial charge in [0.1, 0.15) is 5.71 Å². The Balaban J connectivity index is 1.70. The SMILES string of the molecule is C=C(C)N=C(/C=C(\C)C(=C)C)C(=O)NCc1ccc2c(c1)CN(C1=C(N)C(=C)C1)CC2. The number of carbonyl (C=O) groups is 1. The Bertz CT molecular complexity index is 1060. The molecule has 1 heterocycles. The summed E-state index contributed by atoms with van der Waals surface area (Å²) in [5.74, 6) is -0.228. The van der Waals surface area contributed by atoms with Crippen molar-refractivity contribution in [2.45, 2.75) is 46.7 Å². The van der Waals surface area contributed by atoms with Crippen molar-refractivity contribution in [1.29, 1.82) is 0 Å². The summed E-state index contributed by atoms with van der Waals surface area (Å²) < 4.78 is 0. The summed E-state index contributed by atoms with van der Waals surface area (Å²) in [5, 5.41) is 2.99. The molecule has 0 saturated carbocycles. The van der Waals surface area contributed by atoms with Crippen molar-refractivity contribution in [3.05, 3.63) is 94.5 Å². The van der Waals surface area contributed by atoms with Crippen molar-refractivity contribution in [1.82, 2.24) is 10.2 Å². The molecule has 3 rings (SSSR count). The zero-order chi connectivity index (χ0) is 22.7. The quantitative estimate of drug-likeness (QED) is 0.515. The molecule has 1 aromatic carbocycles. The van der Waals surface area contributed by atoms with Crippen LogP contribution in [0.3, 0.4) is 0 Å². The summed E-state index contributed by atoms with van der Waals surface area (Å²) in [5.41, 5.74) is 15.6. The van der Waals surface area contributed by atoms with Crippen molar-refractivity contribution < 1.29 is 4.79 Å². The summed E-state index contributed by atoms with van der Waals surface area (Å²) in [6.45, 7) is 19.5. The number of nitrogens with two attached hydrogens (primary N) is 1. The molecular weight excluding hydrogens is 384 g/mol. The summed E-state index contributed by atoms with van der Waals surface area (Å²) in [7, 11) is 0. The van der Waals surface area contributed by atoms with Gasteiger partial charge in [-0.15, -0.1) is 0 Å². The predicted molar refractivity (Wildman–Crippen MR) is 128 cm³/mol. The Morgan fingerprint density at radius 1 is 1.26 bits per heavy atom. The van der Waals surface area contributed by atoms with Crippen LogP contribution in [0.25, 0.3) is 0 Å². The van der Waals surface area contributed by atoms with E-state index in [0.29, 0.717) is 18.0 Å². The Kier molecular flexibility index (Phi) is 6.64. The van der Waals surface area contributed by atoms with Gasteiger partial charge in [-0.25, -0.2) is 4.99 Å². The molecule has 0 saturated heterocycles. The maximum absolute atomic E-state index is 12.8. The van der Waals surface area contributed by atoms with Crippen LogP contribution in [0, 0.1) is 0 Å². The smallest absolute Gasteiger partial charge is 0.270 e. The third kappa shape index (κ3) is 5.23. The van der Waals surface area contributed by atoms with E-state index >= 15 is 0 Å². The molecule has 0 unspecified atom stereocenters. The molecule has 0 aromatic heterocycles. The van der Waals surface area contributed by atoms with Gasteiger partial charge >= 0.3 is 0 Å². The van der Waals surface area contributed by atoms with Crippen LogP contribution in [-0.4, -0.2) is 23.1 Å². The summed E-state index contributed by atoms with van der Waals surface area (Å²) >= 11 is 0. The van der Waals surface area contributed by atoms with Crippen LogP contribution in [0.5, 0.6) is 0 Å². The van der Waals surface area contributed by atoms with Crippen molar-refractivity contribution in [3.63, 3.8) is 0 Å². The summed E-state index contributed by atoms with van der Waals surface area (Å²) in [6.07, 6.45) is 3.62. The second kappa shape index (κ2) is 9.21.